The maximum absolute atomic E-state index is 12.8. The standard InChI is InChI=1S/C61H90O6/c1-4-7-10-13-16-19-22-25-27-29-30-32-33-36-39-42-45-48-51-54-60(63)66-57-58(56-65-59(62)53-50-47-44-41-38-35-24-21-18-15-12-9-6-3)67-61(64)55-52-49-46-43-40-37-34-31-28-26-23-20-17-14-11-8-5-2/h7-12,15-21,24-28,30,32,34,36-37,39,43,45-46,48,58H,4-6,13-14,22-23,29,31,33,35,38,40-42,44,47,49-57H2,1-3H3/b10-7-,11-8-,12-9-,18-15-,19-16-,20-17-,24-21-,27-25-,28-26-,32-30-,37-34-,39-36-,46-43-,48-45-. The molecule has 0 aromatic heterocycles. The van der Waals surface area contributed by atoms with Gasteiger partial charge in [-0.2, -0.15) is 0 Å². The number of hydrogen-bond donors (Lipinski definition) is 0. The fourth-order valence-corrected chi connectivity index (χ4v) is 6.03. The van der Waals surface area contributed by atoms with Gasteiger partial charge in [-0.1, -0.05) is 210 Å². The van der Waals surface area contributed by atoms with E-state index in [9.17, 15) is 14.4 Å². The molecule has 0 saturated heterocycles. The van der Waals surface area contributed by atoms with Crippen LogP contribution in [0.2, 0.25) is 0 Å². The highest BCUT2D eigenvalue weighted by molar-refractivity contribution is 5.71. The molecule has 0 radical (unpaired) electrons. The molecule has 0 aliphatic heterocycles. The maximum Gasteiger partial charge on any atom is 0.306 e. The summed E-state index contributed by atoms with van der Waals surface area (Å²) in [5, 5.41) is 0. The Morgan fingerprint density at radius 1 is 0.313 bits per heavy atom. The molecule has 6 nitrogen and oxygen atoms in total. The number of carbonyl (C=O) groups is 3. The molecule has 0 rings (SSSR count). The maximum atomic E-state index is 12.8. The molecule has 0 aliphatic rings. The van der Waals surface area contributed by atoms with Crippen molar-refractivity contribution in [2.24, 2.45) is 0 Å². The summed E-state index contributed by atoms with van der Waals surface area (Å²) in [6.07, 6.45) is 79.3. The SMILES string of the molecule is CC\C=C/C=C\C=C/CCCCCCCC(=O)OCC(COC(=O)CC/C=C\C/C=C\C/C=C\C/C=C\C/C=C\C/C=C\CC)OC(=O)CCC/C=C\C/C=C\C/C=C\C/C=C\C/C=C\CC. The Morgan fingerprint density at radius 3 is 1.12 bits per heavy atom. The van der Waals surface area contributed by atoms with Gasteiger partial charge in [0.05, 0.1) is 0 Å². The molecule has 67 heavy (non-hydrogen) atoms. The number of rotatable bonds is 43. The van der Waals surface area contributed by atoms with Crippen molar-refractivity contribution in [1.82, 2.24) is 0 Å². The summed E-state index contributed by atoms with van der Waals surface area (Å²) in [5.41, 5.74) is 0. The number of esters is 3. The highest BCUT2D eigenvalue weighted by Crippen LogP contribution is 2.10. The van der Waals surface area contributed by atoms with Crippen LogP contribution in [0.3, 0.4) is 0 Å². The third-order valence-corrected chi connectivity index (χ3v) is 9.77. The Labute approximate surface area is 409 Å². The van der Waals surface area contributed by atoms with Gasteiger partial charge in [-0.15, -0.1) is 0 Å². The number of hydrogen-bond acceptors (Lipinski definition) is 6. The van der Waals surface area contributed by atoms with E-state index in [1.54, 1.807) is 0 Å². The van der Waals surface area contributed by atoms with Gasteiger partial charge in [-0.3, -0.25) is 14.4 Å². The van der Waals surface area contributed by atoms with Gasteiger partial charge < -0.3 is 14.2 Å². The Bertz CT molecular complexity index is 1620. The van der Waals surface area contributed by atoms with E-state index in [-0.39, 0.29) is 38.0 Å². The zero-order valence-corrected chi connectivity index (χ0v) is 42.1. The molecule has 0 bridgehead atoms. The first-order valence-corrected chi connectivity index (χ1v) is 25.7. The molecule has 6 heteroatoms. The van der Waals surface area contributed by atoms with Crippen molar-refractivity contribution in [3.63, 3.8) is 0 Å². The van der Waals surface area contributed by atoms with Crippen LogP contribution in [0, 0.1) is 0 Å². The molecular formula is C61H90O6. The Hall–Kier alpha value is -5.23. The van der Waals surface area contributed by atoms with Crippen LogP contribution in [0.5, 0.6) is 0 Å². The summed E-state index contributed by atoms with van der Waals surface area (Å²) in [5.74, 6) is -1.13. The molecule has 0 spiro atoms. The average Bonchev–Trinajstić information content (AvgIpc) is 3.33. The second kappa shape index (κ2) is 53.4. The summed E-state index contributed by atoms with van der Waals surface area (Å²) < 4.78 is 16.6. The Kier molecular flexibility index (Phi) is 49.2. The van der Waals surface area contributed by atoms with Gasteiger partial charge >= 0.3 is 17.9 Å². The van der Waals surface area contributed by atoms with E-state index in [4.69, 9.17) is 14.2 Å². The molecule has 0 amide bonds. The van der Waals surface area contributed by atoms with Crippen LogP contribution in [0.25, 0.3) is 0 Å². The van der Waals surface area contributed by atoms with Gasteiger partial charge in [0.1, 0.15) is 13.2 Å². The molecule has 1 atom stereocenters. The third-order valence-electron chi connectivity index (χ3n) is 9.77. The topological polar surface area (TPSA) is 78.9 Å². The zero-order valence-electron chi connectivity index (χ0n) is 42.1. The van der Waals surface area contributed by atoms with Gasteiger partial charge in [0.25, 0.3) is 0 Å². The minimum absolute atomic E-state index is 0.144. The summed E-state index contributed by atoms with van der Waals surface area (Å²) in [6, 6.07) is 0. The van der Waals surface area contributed by atoms with Crippen molar-refractivity contribution in [2.75, 3.05) is 13.2 Å². The third kappa shape index (κ3) is 51.6. The average molecular weight is 919 g/mol. The van der Waals surface area contributed by atoms with E-state index in [1.165, 1.54) is 0 Å². The predicted octanol–water partition coefficient (Wildman–Crippen LogP) is 17.2. The van der Waals surface area contributed by atoms with E-state index in [0.717, 1.165) is 122 Å². The lowest BCUT2D eigenvalue weighted by Gasteiger charge is -2.18. The summed E-state index contributed by atoms with van der Waals surface area (Å²) in [7, 11) is 0. The largest absolute Gasteiger partial charge is 0.462 e. The highest BCUT2D eigenvalue weighted by Gasteiger charge is 2.19. The van der Waals surface area contributed by atoms with Crippen LogP contribution >= 0.6 is 0 Å². The van der Waals surface area contributed by atoms with Crippen LogP contribution in [0.4, 0.5) is 0 Å². The molecule has 0 aromatic carbocycles. The fraction of sp³-hybridized carbons (Fsp3) is 0.492. The first-order valence-electron chi connectivity index (χ1n) is 25.7. The molecule has 0 saturated carbocycles. The van der Waals surface area contributed by atoms with E-state index in [0.29, 0.717) is 19.3 Å². The second-order valence-corrected chi connectivity index (χ2v) is 16.0. The molecule has 0 aliphatic carbocycles. The van der Waals surface area contributed by atoms with E-state index < -0.39 is 12.1 Å². The van der Waals surface area contributed by atoms with Gasteiger partial charge in [0.15, 0.2) is 6.10 Å². The Morgan fingerprint density at radius 2 is 0.657 bits per heavy atom. The predicted molar refractivity (Wildman–Crippen MR) is 288 cm³/mol. The van der Waals surface area contributed by atoms with E-state index in [2.05, 4.69) is 173 Å². The number of carbonyl (C=O) groups excluding carboxylic acids is 3. The monoisotopic (exact) mass is 919 g/mol. The summed E-state index contributed by atoms with van der Waals surface area (Å²) >= 11 is 0. The smallest absolute Gasteiger partial charge is 0.306 e. The van der Waals surface area contributed by atoms with Crippen molar-refractivity contribution in [2.45, 2.75) is 181 Å². The Balaban J connectivity index is 4.66. The highest BCUT2D eigenvalue weighted by atomic mass is 16.6. The first kappa shape index (κ1) is 61.8. The van der Waals surface area contributed by atoms with E-state index >= 15 is 0 Å². The van der Waals surface area contributed by atoms with Gasteiger partial charge in [0.2, 0.25) is 0 Å². The molecule has 0 N–H and O–H groups in total. The molecular weight excluding hydrogens is 829 g/mol. The van der Waals surface area contributed by atoms with Crippen molar-refractivity contribution in [3.8, 4) is 0 Å². The second-order valence-electron chi connectivity index (χ2n) is 16.0. The van der Waals surface area contributed by atoms with Crippen LogP contribution in [0.1, 0.15) is 175 Å². The first-order chi connectivity index (χ1) is 33.0. The van der Waals surface area contributed by atoms with Crippen molar-refractivity contribution in [3.05, 3.63) is 170 Å². The normalized spacial score (nSPS) is 13.5. The summed E-state index contributed by atoms with van der Waals surface area (Å²) in [6.45, 7) is 6.11. The number of unbranched alkanes of at least 4 members (excludes halogenated alkanes) is 6. The quantitative estimate of drug-likeness (QED) is 0.0199. The molecule has 0 aromatic rings. The lowest BCUT2D eigenvalue weighted by Crippen LogP contribution is -2.30. The van der Waals surface area contributed by atoms with Gasteiger partial charge in [0, 0.05) is 19.3 Å². The molecule has 0 heterocycles. The van der Waals surface area contributed by atoms with Crippen molar-refractivity contribution < 1.29 is 28.6 Å². The minimum atomic E-state index is -0.856. The lowest BCUT2D eigenvalue weighted by molar-refractivity contribution is -0.166. The molecule has 370 valence electrons. The van der Waals surface area contributed by atoms with E-state index in [1.807, 2.05) is 18.2 Å². The van der Waals surface area contributed by atoms with Crippen LogP contribution < -0.4 is 0 Å². The number of ether oxygens (including phenoxy) is 3. The van der Waals surface area contributed by atoms with Crippen LogP contribution in [-0.2, 0) is 28.6 Å². The minimum Gasteiger partial charge on any atom is -0.462 e. The van der Waals surface area contributed by atoms with Crippen molar-refractivity contribution >= 4 is 17.9 Å². The van der Waals surface area contributed by atoms with Crippen LogP contribution in [0.15, 0.2) is 170 Å². The van der Waals surface area contributed by atoms with Crippen LogP contribution in [-0.4, -0.2) is 37.2 Å². The molecule has 1 unspecified atom stereocenters. The number of allylic oxidation sites excluding steroid dienone is 28. The summed E-state index contributed by atoms with van der Waals surface area (Å²) in [4.78, 5) is 38.0. The fourth-order valence-electron chi connectivity index (χ4n) is 6.03. The lowest BCUT2D eigenvalue weighted by atomic mass is 10.1. The van der Waals surface area contributed by atoms with Crippen molar-refractivity contribution in [1.29, 1.82) is 0 Å². The van der Waals surface area contributed by atoms with Gasteiger partial charge in [-0.25, -0.2) is 0 Å². The zero-order chi connectivity index (χ0) is 48.6. The molecule has 0 fully saturated rings. The van der Waals surface area contributed by atoms with Gasteiger partial charge in [-0.05, 0) is 116 Å².